The summed E-state index contributed by atoms with van der Waals surface area (Å²) in [6.07, 6.45) is -0.0306. The molecule has 0 aromatic heterocycles. The van der Waals surface area contributed by atoms with Crippen molar-refractivity contribution < 1.29 is 19.1 Å². The van der Waals surface area contributed by atoms with Gasteiger partial charge in [0.15, 0.2) is 16.6 Å². The van der Waals surface area contributed by atoms with Crippen LogP contribution in [-0.4, -0.2) is 23.8 Å². The van der Waals surface area contributed by atoms with Gasteiger partial charge in [0.2, 0.25) is 12.7 Å². The molecule has 1 aliphatic rings. The summed E-state index contributed by atoms with van der Waals surface area (Å²) in [7, 11) is 0. The highest BCUT2D eigenvalue weighted by atomic mass is 79.9. The van der Waals surface area contributed by atoms with E-state index in [-0.39, 0.29) is 24.2 Å². The lowest BCUT2D eigenvalue weighted by atomic mass is 10.0. The van der Waals surface area contributed by atoms with Gasteiger partial charge in [0.25, 0.3) is 0 Å². The molecule has 0 bridgehead atoms. The van der Waals surface area contributed by atoms with E-state index in [1.54, 1.807) is 18.2 Å². The number of ether oxygens (including phenoxy) is 2. The lowest BCUT2D eigenvalue weighted by molar-refractivity contribution is -0.122. The maximum absolute atomic E-state index is 12.3. The Balaban J connectivity index is 1.47. The van der Waals surface area contributed by atoms with Crippen molar-refractivity contribution in [2.45, 2.75) is 19.0 Å². The summed E-state index contributed by atoms with van der Waals surface area (Å²) >= 11 is 8.54. The van der Waals surface area contributed by atoms with E-state index in [2.05, 4.69) is 37.4 Å². The zero-order valence-corrected chi connectivity index (χ0v) is 18.1. The van der Waals surface area contributed by atoms with Crippen LogP contribution in [0.4, 0.5) is 4.79 Å². The van der Waals surface area contributed by atoms with Crippen molar-refractivity contribution >= 4 is 45.2 Å². The molecule has 1 atom stereocenters. The van der Waals surface area contributed by atoms with E-state index in [0.717, 1.165) is 15.6 Å². The SMILES string of the molecule is NC(=O)NC(CC(=O)NNC(=S)NCc1ccc2c(c1)OCO2)c1cccc(Br)c1. The average Bonchev–Trinajstić information content (AvgIpc) is 3.18. The molecule has 2 aromatic rings. The predicted octanol–water partition coefficient (Wildman–Crippen LogP) is 1.97. The second-order valence-corrected chi connectivity index (χ2v) is 7.69. The predicted molar refractivity (Wildman–Crippen MR) is 118 cm³/mol. The van der Waals surface area contributed by atoms with E-state index in [0.29, 0.717) is 18.0 Å². The molecule has 3 rings (SSSR count). The largest absolute Gasteiger partial charge is 0.454 e. The first kappa shape index (κ1) is 21.7. The Hall–Kier alpha value is -3.05. The molecule has 9 nitrogen and oxygen atoms in total. The number of carbonyl (C=O) groups is 2. The van der Waals surface area contributed by atoms with Crippen molar-refractivity contribution in [3.63, 3.8) is 0 Å². The number of thiocarbonyl (C=S) groups is 1. The number of urea groups is 1. The quantitative estimate of drug-likeness (QED) is 0.307. The molecule has 0 aliphatic carbocycles. The Bertz CT molecular complexity index is 958. The molecule has 158 valence electrons. The van der Waals surface area contributed by atoms with Gasteiger partial charge in [-0.3, -0.25) is 15.6 Å². The number of amides is 3. The average molecular weight is 494 g/mol. The van der Waals surface area contributed by atoms with Gasteiger partial charge >= 0.3 is 6.03 Å². The van der Waals surface area contributed by atoms with E-state index in [9.17, 15) is 9.59 Å². The second-order valence-electron chi connectivity index (χ2n) is 6.36. The molecule has 30 heavy (non-hydrogen) atoms. The number of fused-ring (bicyclic) bond motifs is 1. The number of nitrogens with one attached hydrogen (secondary N) is 4. The van der Waals surface area contributed by atoms with Crippen LogP contribution >= 0.6 is 28.1 Å². The maximum atomic E-state index is 12.3. The van der Waals surface area contributed by atoms with Crippen LogP contribution in [0.1, 0.15) is 23.6 Å². The highest BCUT2D eigenvalue weighted by molar-refractivity contribution is 9.10. The first-order valence-corrected chi connectivity index (χ1v) is 10.1. The number of carbonyl (C=O) groups excluding carboxylic acids is 2. The molecule has 1 unspecified atom stereocenters. The molecule has 3 amide bonds. The summed E-state index contributed by atoms with van der Waals surface area (Å²) in [4.78, 5) is 23.6. The summed E-state index contributed by atoms with van der Waals surface area (Å²) in [5.74, 6) is 1.01. The molecule has 11 heteroatoms. The van der Waals surface area contributed by atoms with Crippen molar-refractivity contribution in [1.29, 1.82) is 0 Å². The molecule has 6 N–H and O–H groups in total. The van der Waals surface area contributed by atoms with Gasteiger partial charge in [0, 0.05) is 11.0 Å². The third kappa shape index (κ3) is 6.22. The zero-order chi connectivity index (χ0) is 21.5. The lowest BCUT2D eigenvalue weighted by Crippen LogP contribution is -2.47. The van der Waals surface area contributed by atoms with Crippen LogP contribution in [0.3, 0.4) is 0 Å². The number of hydrogen-bond acceptors (Lipinski definition) is 5. The van der Waals surface area contributed by atoms with Crippen molar-refractivity contribution in [3.8, 4) is 11.5 Å². The fraction of sp³-hybridized carbons (Fsp3) is 0.211. The van der Waals surface area contributed by atoms with E-state index < -0.39 is 12.1 Å². The maximum Gasteiger partial charge on any atom is 0.312 e. The summed E-state index contributed by atoms with van der Waals surface area (Å²) in [6.45, 7) is 0.645. The van der Waals surface area contributed by atoms with Gasteiger partial charge in [0.1, 0.15) is 0 Å². The smallest absolute Gasteiger partial charge is 0.312 e. The minimum atomic E-state index is -0.721. The van der Waals surface area contributed by atoms with Gasteiger partial charge in [0.05, 0.1) is 12.5 Å². The number of benzene rings is 2. The minimum absolute atomic E-state index is 0.0306. The molecule has 0 radical (unpaired) electrons. The zero-order valence-electron chi connectivity index (χ0n) is 15.7. The van der Waals surface area contributed by atoms with Crippen LogP contribution in [-0.2, 0) is 11.3 Å². The molecule has 0 spiro atoms. The third-order valence-electron chi connectivity index (χ3n) is 4.16. The molecule has 1 heterocycles. The number of primary amides is 1. The van der Waals surface area contributed by atoms with Crippen LogP contribution in [0.15, 0.2) is 46.9 Å². The fourth-order valence-corrected chi connectivity index (χ4v) is 3.33. The van der Waals surface area contributed by atoms with Crippen molar-refractivity contribution in [2.75, 3.05) is 6.79 Å². The molecule has 2 aromatic carbocycles. The molecule has 0 saturated carbocycles. The minimum Gasteiger partial charge on any atom is -0.454 e. The monoisotopic (exact) mass is 493 g/mol. The van der Waals surface area contributed by atoms with Crippen molar-refractivity contribution in [1.82, 2.24) is 21.5 Å². The fourth-order valence-electron chi connectivity index (χ4n) is 2.79. The number of nitrogens with two attached hydrogens (primary N) is 1. The molecule has 0 saturated heterocycles. The molecular formula is C19H20BrN5O4S. The van der Waals surface area contributed by atoms with Gasteiger partial charge in [-0.25, -0.2) is 4.79 Å². The van der Waals surface area contributed by atoms with E-state index in [1.807, 2.05) is 24.3 Å². The Kier molecular flexibility index (Phi) is 7.31. The summed E-state index contributed by atoms with van der Waals surface area (Å²) < 4.78 is 11.4. The van der Waals surface area contributed by atoms with E-state index in [1.165, 1.54) is 0 Å². The lowest BCUT2D eigenvalue weighted by Gasteiger charge is -2.19. The Morgan fingerprint density at radius 3 is 2.70 bits per heavy atom. The molecular weight excluding hydrogens is 474 g/mol. The van der Waals surface area contributed by atoms with Gasteiger partial charge < -0.3 is 25.8 Å². The Morgan fingerprint density at radius 1 is 1.13 bits per heavy atom. The van der Waals surface area contributed by atoms with Crippen molar-refractivity contribution in [2.24, 2.45) is 5.73 Å². The van der Waals surface area contributed by atoms with Gasteiger partial charge in [-0.05, 0) is 47.6 Å². The standard InChI is InChI=1S/C19H20BrN5O4S/c20-13-3-1-2-12(7-13)14(23-18(21)27)8-17(26)24-25-19(30)22-9-11-4-5-15-16(6-11)29-10-28-15/h1-7,14H,8-10H2,(H,24,26)(H3,21,23,27)(H2,22,25,30). The Morgan fingerprint density at radius 2 is 1.93 bits per heavy atom. The van der Waals surface area contributed by atoms with Gasteiger partial charge in [-0.15, -0.1) is 0 Å². The second kappa shape index (κ2) is 10.1. The third-order valence-corrected chi connectivity index (χ3v) is 4.90. The number of hydrogen-bond donors (Lipinski definition) is 5. The van der Waals surface area contributed by atoms with Crippen LogP contribution in [0.25, 0.3) is 0 Å². The number of hydrazine groups is 1. The van der Waals surface area contributed by atoms with E-state index >= 15 is 0 Å². The first-order chi connectivity index (χ1) is 14.4. The van der Waals surface area contributed by atoms with Crippen LogP contribution in [0, 0.1) is 0 Å². The normalized spacial score (nSPS) is 12.6. The van der Waals surface area contributed by atoms with Crippen LogP contribution in [0.5, 0.6) is 11.5 Å². The van der Waals surface area contributed by atoms with Crippen LogP contribution < -0.4 is 36.7 Å². The van der Waals surface area contributed by atoms with Crippen LogP contribution in [0.2, 0.25) is 0 Å². The number of halogens is 1. The summed E-state index contributed by atoms with van der Waals surface area (Å²) in [5, 5.41) is 5.79. The molecule has 0 fully saturated rings. The molecule has 1 aliphatic heterocycles. The summed E-state index contributed by atoms with van der Waals surface area (Å²) in [6, 6.07) is 11.5. The Labute approximate surface area is 186 Å². The topological polar surface area (TPSA) is 127 Å². The van der Waals surface area contributed by atoms with E-state index in [4.69, 9.17) is 27.4 Å². The highest BCUT2D eigenvalue weighted by Gasteiger charge is 2.18. The van der Waals surface area contributed by atoms with Crippen molar-refractivity contribution in [3.05, 3.63) is 58.1 Å². The number of rotatable bonds is 6. The van der Waals surface area contributed by atoms with Gasteiger partial charge in [-0.2, -0.15) is 0 Å². The first-order valence-electron chi connectivity index (χ1n) is 8.93. The van der Waals surface area contributed by atoms with Gasteiger partial charge in [-0.1, -0.05) is 34.1 Å². The highest BCUT2D eigenvalue weighted by Crippen LogP contribution is 2.32. The summed E-state index contributed by atoms with van der Waals surface area (Å²) in [5.41, 5.74) is 12.1.